The Balaban J connectivity index is 1.69. The van der Waals surface area contributed by atoms with Gasteiger partial charge in [-0.15, -0.1) is 0 Å². The molecule has 0 spiro atoms. The first-order chi connectivity index (χ1) is 12.5. The lowest BCUT2D eigenvalue weighted by atomic mass is 9.85. The van der Waals surface area contributed by atoms with Crippen LogP contribution in [0, 0.1) is 5.92 Å². The molecule has 1 fully saturated rings. The van der Waals surface area contributed by atoms with Crippen molar-refractivity contribution in [2.45, 2.75) is 32.2 Å². The number of rotatable bonds is 6. The second-order valence-electron chi connectivity index (χ2n) is 7.35. The smallest absolute Gasteiger partial charge is 0.228 e. The van der Waals surface area contributed by atoms with Gasteiger partial charge < -0.3 is 4.90 Å². The molecule has 0 aliphatic carbocycles. The first kappa shape index (κ1) is 18.6. The summed E-state index contributed by atoms with van der Waals surface area (Å²) < 4.78 is 3.60. The van der Waals surface area contributed by atoms with E-state index in [2.05, 4.69) is 28.2 Å². The molecule has 0 aromatic carbocycles. The monoisotopic (exact) mass is 358 g/mol. The van der Waals surface area contributed by atoms with E-state index in [1.165, 1.54) is 12.0 Å². The van der Waals surface area contributed by atoms with Gasteiger partial charge in [-0.25, -0.2) is 0 Å². The van der Waals surface area contributed by atoms with Gasteiger partial charge in [0.25, 0.3) is 0 Å². The molecule has 0 unspecified atom stereocenters. The fraction of sp³-hybridized carbons (Fsp3) is 0.632. The Bertz CT molecular complexity index is 736. The van der Waals surface area contributed by atoms with Crippen molar-refractivity contribution in [2.75, 3.05) is 26.7 Å². The average Bonchev–Trinajstić information content (AvgIpc) is 3.22. The van der Waals surface area contributed by atoms with Crippen molar-refractivity contribution in [1.82, 2.24) is 29.4 Å². The molecule has 1 aliphatic heterocycles. The number of nitrogens with zero attached hydrogens (tertiary/aromatic N) is 6. The quantitative estimate of drug-likeness (QED) is 0.787. The zero-order chi connectivity index (χ0) is 18.7. The predicted octanol–water partition coefficient (Wildman–Crippen LogP) is 1.63. The maximum absolute atomic E-state index is 12.6. The molecule has 1 aliphatic rings. The molecule has 2 aromatic heterocycles. The average molecular weight is 358 g/mol. The molecule has 3 rings (SSSR count). The number of likely N-dealkylation sites (N-methyl/N-ethyl adjacent to an activating group) is 1. The summed E-state index contributed by atoms with van der Waals surface area (Å²) in [5, 5.41) is 8.69. The highest BCUT2D eigenvalue weighted by molar-refractivity contribution is 5.78. The van der Waals surface area contributed by atoms with E-state index in [-0.39, 0.29) is 5.91 Å². The van der Waals surface area contributed by atoms with Crippen LogP contribution in [-0.2, 0) is 25.3 Å². The molecular weight excluding hydrogens is 328 g/mol. The van der Waals surface area contributed by atoms with E-state index in [4.69, 9.17) is 0 Å². The number of carbonyl (C=O) groups excluding carboxylic acids is 1. The molecule has 0 radical (unpaired) electrons. The number of aryl methyl sites for hydroxylation is 2. The lowest BCUT2D eigenvalue weighted by molar-refractivity contribution is -0.130. The summed E-state index contributed by atoms with van der Waals surface area (Å²) in [7, 11) is 5.74. The fourth-order valence-corrected chi connectivity index (χ4v) is 4.07. The summed E-state index contributed by atoms with van der Waals surface area (Å²) >= 11 is 0. The van der Waals surface area contributed by atoms with Gasteiger partial charge in [0.1, 0.15) is 0 Å². The summed E-state index contributed by atoms with van der Waals surface area (Å²) in [5.74, 6) is 0.549. The van der Waals surface area contributed by atoms with Crippen LogP contribution in [0.5, 0.6) is 0 Å². The molecule has 7 nitrogen and oxygen atoms in total. The van der Waals surface area contributed by atoms with Crippen molar-refractivity contribution in [1.29, 1.82) is 0 Å². The molecule has 7 heteroatoms. The van der Waals surface area contributed by atoms with Gasteiger partial charge in [-0.2, -0.15) is 10.2 Å². The van der Waals surface area contributed by atoms with Crippen LogP contribution in [0.25, 0.3) is 0 Å². The van der Waals surface area contributed by atoms with Gasteiger partial charge in [0.15, 0.2) is 0 Å². The van der Waals surface area contributed by atoms with Crippen LogP contribution in [0.4, 0.5) is 0 Å². The molecule has 142 valence electrons. The minimum atomic E-state index is 0.127. The number of amides is 1. The first-order valence-corrected chi connectivity index (χ1v) is 9.43. The van der Waals surface area contributed by atoms with Gasteiger partial charge in [0, 0.05) is 51.7 Å². The highest BCUT2D eigenvalue weighted by Crippen LogP contribution is 2.36. The molecule has 2 aromatic rings. The Morgan fingerprint density at radius 1 is 1.35 bits per heavy atom. The molecule has 2 atom stereocenters. The number of likely N-dealkylation sites (tertiary alicyclic amines) is 1. The van der Waals surface area contributed by atoms with E-state index < -0.39 is 0 Å². The lowest BCUT2D eigenvalue weighted by Gasteiger charge is -2.42. The SMILES string of the molecule is CCN1CCC[C@@H](CN(C)C(=O)Cc2ccn(C)n2)[C@@H]1c1cnn(C)c1. The maximum atomic E-state index is 12.6. The van der Waals surface area contributed by atoms with Crippen LogP contribution in [-0.4, -0.2) is 61.9 Å². The molecule has 0 bridgehead atoms. The highest BCUT2D eigenvalue weighted by atomic mass is 16.2. The van der Waals surface area contributed by atoms with E-state index in [0.717, 1.165) is 31.7 Å². The van der Waals surface area contributed by atoms with Crippen LogP contribution >= 0.6 is 0 Å². The summed E-state index contributed by atoms with van der Waals surface area (Å²) in [4.78, 5) is 17.0. The number of piperidine rings is 1. The Kier molecular flexibility index (Phi) is 5.76. The predicted molar refractivity (Wildman–Crippen MR) is 100 cm³/mol. The normalized spacial score (nSPS) is 21.1. The first-order valence-electron chi connectivity index (χ1n) is 9.43. The molecule has 3 heterocycles. The van der Waals surface area contributed by atoms with E-state index in [9.17, 15) is 4.79 Å². The third kappa shape index (κ3) is 4.15. The Morgan fingerprint density at radius 3 is 2.77 bits per heavy atom. The third-order valence-electron chi connectivity index (χ3n) is 5.37. The minimum Gasteiger partial charge on any atom is -0.345 e. The van der Waals surface area contributed by atoms with E-state index >= 15 is 0 Å². The van der Waals surface area contributed by atoms with E-state index in [0.29, 0.717) is 18.4 Å². The largest absolute Gasteiger partial charge is 0.345 e. The summed E-state index contributed by atoms with van der Waals surface area (Å²) in [5.41, 5.74) is 2.08. The van der Waals surface area contributed by atoms with Crippen molar-refractivity contribution in [3.8, 4) is 0 Å². The minimum absolute atomic E-state index is 0.127. The standard InChI is InChI=1S/C19H30N6O/c1-5-25-9-6-7-15(19(25)16-12-20-24(4)14-16)13-22(2)18(26)11-17-8-10-23(3)21-17/h8,10,12,14-15,19H,5-7,9,11,13H2,1-4H3/t15-,19+/m0/s1. The molecule has 0 saturated carbocycles. The number of hydrogen-bond acceptors (Lipinski definition) is 4. The van der Waals surface area contributed by atoms with Gasteiger partial charge in [-0.05, 0) is 37.9 Å². The van der Waals surface area contributed by atoms with Gasteiger partial charge in [0.05, 0.1) is 18.3 Å². The number of aromatic nitrogens is 4. The molecule has 26 heavy (non-hydrogen) atoms. The second-order valence-corrected chi connectivity index (χ2v) is 7.35. The molecule has 1 saturated heterocycles. The summed E-state index contributed by atoms with van der Waals surface area (Å²) in [6.07, 6.45) is 8.64. The molecule has 1 amide bonds. The maximum Gasteiger partial charge on any atom is 0.228 e. The third-order valence-corrected chi connectivity index (χ3v) is 5.37. The molecular formula is C19H30N6O. The fourth-order valence-electron chi connectivity index (χ4n) is 4.07. The molecule has 0 N–H and O–H groups in total. The van der Waals surface area contributed by atoms with Crippen molar-refractivity contribution in [3.05, 3.63) is 35.9 Å². The van der Waals surface area contributed by atoms with Crippen LogP contribution < -0.4 is 0 Å². The Labute approximate surface area is 155 Å². The zero-order valence-corrected chi connectivity index (χ0v) is 16.3. The van der Waals surface area contributed by atoms with E-state index in [1.54, 1.807) is 4.68 Å². The summed E-state index contributed by atoms with van der Waals surface area (Å²) in [6, 6.07) is 2.23. The van der Waals surface area contributed by atoms with Crippen molar-refractivity contribution in [2.24, 2.45) is 20.0 Å². The van der Waals surface area contributed by atoms with Crippen molar-refractivity contribution in [3.63, 3.8) is 0 Å². The van der Waals surface area contributed by atoms with Crippen LogP contribution in [0.2, 0.25) is 0 Å². The van der Waals surface area contributed by atoms with E-state index in [1.807, 2.05) is 49.2 Å². The van der Waals surface area contributed by atoms with Gasteiger partial charge >= 0.3 is 0 Å². The van der Waals surface area contributed by atoms with Gasteiger partial charge in [-0.1, -0.05) is 6.92 Å². The van der Waals surface area contributed by atoms with Gasteiger partial charge in [0.2, 0.25) is 5.91 Å². The van der Waals surface area contributed by atoms with Gasteiger partial charge in [-0.3, -0.25) is 19.1 Å². The van der Waals surface area contributed by atoms with Crippen molar-refractivity contribution >= 4 is 5.91 Å². The Morgan fingerprint density at radius 2 is 2.15 bits per heavy atom. The van der Waals surface area contributed by atoms with Crippen LogP contribution in [0.15, 0.2) is 24.7 Å². The topological polar surface area (TPSA) is 59.2 Å². The second kappa shape index (κ2) is 8.03. The lowest BCUT2D eigenvalue weighted by Crippen LogP contribution is -2.44. The van der Waals surface area contributed by atoms with Crippen LogP contribution in [0.3, 0.4) is 0 Å². The van der Waals surface area contributed by atoms with Crippen molar-refractivity contribution < 1.29 is 4.79 Å². The number of carbonyl (C=O) groups is 1. The highest BCUT2D eigenvalue weighted by Gasteiger charge is 2.34. The van der Waals surface area contributed by atoms with Crippen LogP contribution in [0.1, 0.15) is 37.1 Å². The summed E-state index contributed by atoms with van der Waals surface area (Å²) in [6.45, 7) is 5.10. The number of hydrogen-bond donors (Lipinski definition) is 0. The Hall–Kier alpha value is -2.15. The zero-order valence-electron chi connectivity index (χ0n) is 16.3.